The van der Waals surface area contributed by atoms with Crippen LogP contribution < -0.4 is 5.32 Å². The van der Waals surface area contributed by atoms with Crippen LogP contribution in [0.1, 0.15) is 29.8 Å². The van der Waals surface area contributed by atoms with Crippen LogP contribution in [0.25, 0.3) is 0 Å². The molecule has 0 saturated carbocycles. The van der Waals surface area contributed by atoms with Crippen LogP contribution in [0.2, 0.25) is 0 Å². The van der Waals surface area contributed by atoms with Gasteiger partial charge in [0.2, 0.25) is 5.91 Å². The van der Waals surface area contributed by atoms with Crippen molar-refractivity contribution in [2.75, 3.05) is 30.5 Å². The molecule has 0 aromatic carbocycles. The Morgan fingerprint density at radius 2 is 2.36 bits per heavy atom. The minimum atomic E-state index is -0.487. The maximum atomic E-state index is 11.9. The summed E-state index contributed by atoms with van der Waals surface area (Å²) in [4.78, 5) is 23.3. The summed E-state index contributed by atoms with van der Waals surface area (Å²) in [7, 11) is 2.93. The summed E-state index contributed by atoms with van der Waals surface area (Å²) in [5, 5.41) is 6.75. The largest absolute Gasteiger partial charge is 0.464 e. The zero-order valence-corrected chi connectivity index (χ0v) is 13.6. The third-order valence-corrected chi connectivity index (χ3v) is 4.43. The Bertz CT molecular complexity index is 526. The van der Waals surface area contributed by atoms with E-state index in [1.807, 2.05) is 0 Å². The molecule has 1 aliphatic rings. The Labute approximate surface area is 133 Å². The molecule has 1 saturated heterocycles. The van der Waals surface area contributed by atoms with Crippen LogP contribution in [-0.2, 0) is 21.3 Å². The molecule has 1 N–H and O–H groups in total. The molecule has 1 aromatic rings. The maximum absolute atomic E-state index is 11.9. The van der Waals surface area contributed by atoms with E-state index in [0.717, 1.165) is 25.2 Å². The number of thioether (sulfide) groups is 1. The highest BCUT2D eigenvalue weighted by Crippen LogP contribution is 2.17. The van der Waals surface area contributed by atoms with Gasteiger partial charge in [0.15, 0.2) is 5.82 Å². The van der Waals surface area contributed by atoms with E-state index in [-0.39, 0.29) is 12.0 Å². The number of anilines is 1. The molecule has 1 amide bonds. The lowest BCUT2D eigenvalue weighted by molar-refractivity contribution is -0.113. The van der Waals surface area contributed by atoms with Gasteiger partial charge < -0.3 is 14.8 Å². The van der Waals surface area contributed by atoms with Gasteiger partial charge >= 0.3 is 5.97 Å². The van der Waals surface area contributed by atoms with Crippen molar-refractivity contribution in [2.24, 2.45) is 7.05 Å². The summed E-state index contributed by atoms with van der Waals surface area (Å²) in [6.45, 7) is 0.821. The first-order chi connectivity index (χ1) is 10.6. The molecule has 0 aliphatic carbocycles. The van der Waals surface area contributed by atoms with Gasteiger partial charge in [0, 0.05) is 25.5 Å². The van der Waals surface area contributed by atoms with Crippen LogP contribution in [0.15, 0.2) is 6.07 Å². The molecule has 0 radical (unpaired) electrons. The molecular weight excluding hydrogens is 306 g/mol. The van der Waals surface area contributed by atoms with Crippen molar-refractivity contribution in [1.82, 2.24) is 9.78 Å². The number of ether oxygens (including phenoxy) is 2. The number of carbonyl (C=O) groups is 2. The third kappa shape index (κ3) is 4.74. The van der Waals surface area contributed by atoms with Gasteiger partial charge in [-0.15, -0.1) is 11.8 Å². The number of nitrogens with one attached hydrogen (secondary N) is 1. The van der Waals surface area contributed by atoms with Crippen LogP contribution in [-0.4, -0.2) is 53.0 Å². The number of rotatable bonds is 6. The van der Waals surface area contributed by atoms with Gasteiger partial charge in [-0.1, -0.05) is 0 Å². The Kier molecular flexibility index (Phi) is 6.26. The zero-order valence-electron chi connectivity index (χ0n) is 12.8. The minimum absolute atomic E-state index is 0.143. The number of hydrogen-bond acceptors (Lipinski definition) is 6. The highest BCUT2D eigenvalue weighted by molar-refractivity contribution is 8.00. The molecule has 7 nitrogen and oxygen atoms in total. The van der Waals surface area contributed by atoms with Gasteiger partial charge in [0.25, 0.3) is 0 Å². The summed E-state index contributed by atoms with van der Waals surface area (Å²) in [5.74, 6) is 0.879. The highest BCUT2D eigenvalue weighted by atomic mass is 32.2. The number of methoxy groups -OCH3 is 1. The second kappa shape index (κ2) is 8.19. The van der Waals surface area contributed by atoms with Crippen molar-refractivity contribution in [3.63, 3.8) is 0 Å². The van der Waals surface area contributed by atoms with Crippen LogP contribution in [0.3, 0.4) is 0 Å². The van der Waals surface area contributed by atoms with Crippen molar-refractivity contribution in [3.8, 4) is 0 Å². The molecular formula is C14H21N3O4S. The Balaban J connectivity index is 1.75. The van der Waals surface area contributed by atoms with Gasteiger partial charge in [-0.3, -0.25) is 9.48 Å². The molecule has 22 heavy (non-hydrogen) atoms. The van der Waals surface area contributed by atoms with E-state index >= 15 is 0 Å². The predicted octanol–water partition coefficient (Wildman–Crippen LogP) is 1.45. The molecule has 8 heteroatoms. The molecule has 2 heterocycles. The standard InChI is InChI=1S/C14H21N3O4S/c1-17-11(14(19)20-2)7-12(16-17)15-13(18)9-22-8-10-5-3-4-6-21-10/h7,10H,3-6,8-9H2,1-2H3,(H,15,16,18). The first-order valence-corrected chi connectivity index (χ1v) is 8.37. The summed E-state index contributed by atoms with van der Waals surface area (Å²) in [6, 6.07) is 1.50. The quantitative estimate of drug-likeness (QED) is 0.796. The molecule has 122 valence electrons. The van der Waals surface area contributed by atoms with Crippen molar-refractivity contribution in [2.45, 2.75) is 25.4 Å². The molecule has 2 rings (SSSR count). The van der Waals surface area contributed by atoms with Crippen LogP contribution in [0, 0.1) is 0 Å². The lowest BCUT2D eigenvalue weighted by Crippen LogP contribution is -2.23. The molecule has 0 bridgehead atoms. The maximum Gasteiger partial charge on any atom is 0.356 e. The smallest absolute Gasteiger partial charge is 0.356 e. The topological polar surface area (TPSA) is 82.4 Å². The van der Waals surface area contributed by atoms with E-state index in [1.165, 1.54) is 24.3 Å². The predicted molar refractivity (Wildman–Crippen MR) is 84.1 cm³/mol. The average Bonchev–Trinajstić information content (AvgIpc) is 2.88. The molecule has 1 unspecified atom stereocenters. The number of aromatic nitrogens is 2. The summed E-state index contributed by atoms with van der Waals surface area (Å²) >= 11 is 1.55. The fraction of sp³-hybridized carbons (Fsp3) is 0.643. The number of hydrogen-bond donors (Lipinski definition) is 1. The van der Waals surface area contributed by atoms with E-state index in [0.29, 0.717) is 17.3 Å². The lowest BCUT2D eigenvalue weighted by atomic mass is 10.1. The SMILES string of the molecule is COC(=O)c1cc(NC(=O)CSCC2CCCCO2)nn1C. The summed E-state index contributed by atoms with van der Waals surface area (Å²) < 4.78 is 11.6. The van der Waals surface area contributed by atoms with Gasteiger partial charge in [-0.2, -0.15) is 5.10 Å². The number of nitrogens with zero attached hydrogens (tertiary/aromatic N) is 2. The number of carbonyl (C=O) groups excluding carboxylic acids is 2. The molecule has 0 spiro atoms. The molecule has 1 aromatic heterocycles. The first-order valence-electron chi connectivity index (χ1n) is 7.21. The molecule has 1 aliphatic heterocycles. The number of amides is 1. The van der Waals surface area contributed by atoms with Crippen molar-refractivity contribution in [1.29, 1.82) is 0 Å². The van der Waals surface area contributed by atoms with Gasteiger partial charge in [0.05, 0.1) is 19.0 Å². The lowest BCUT2D eigenvalue weighted by Gasteiger charge is -2.21. The van der Waals surface area contributed by atoms with E-state index in [1.54, 1.807) is 18.8 Å². The van der Waals surface area contributed by atoms with E-state index in [2.05, 4.69) is 15.2 Å². The monoisotopic (exact) mass is 327 g/mol. The highest BCUT2D eigenvalue weighted by Gasteiger charge is 2.16. The van der Waals surface area contributed by atoms with E-state index < -0.39 is 5.97 Å². The van der Waals surface area contributed by atoms with Gasteiger partial charge in [-0.05, 0) is 19.3 Å². The second-order valence-electron chi connectivity index (χ2n) is 5.08. The minimum Gasteiger partial charge on any atom is -0.464 e. The summed E-state index contributed by atoms with van der Waals surface area (Å²) in [5.41, 5.74) is 0.293. The Morgan fingerprint density at radius 3 is 3.05 bits per heavy atom. The van der Waals surface area contributed by atoms with Crippen molar-refractivity contribution < 1.29 is 19.1 Å². The average molecular weight is 327 g/mol. The number of aryl methyl sites for hydroxylation is 1. The zero-order chi connectivity index (χ0) is 15.9. The van der Waals surface area contributed by atoms with Crippen LogP contribution in [0.4, 0.5) is 5.82 Å². The van der Waals surface area contributed by atoms with Crippen LogP contribution in [0.5, 0.6) is 0 Å². The normalized spacial score (nSPS) is 18.0. The van der Waals surface area contributed by atoms with Gasteiger partial charge in [0.1, 0.15) is 5.69 Å². The fourth-order valence-corrected chi connectivity index (χ4v) is 3.13. The molecule has 1 atom stereocenters. The van der Waals surface area contributed by atoms with Crippen molar-refractivity contribution in [3.05, 3.63) is 11.8 Å². The van der Waals surface area contributed by atoms with Crippen molar-refractivity contribution >= 4 is 29.5 Å². The molecule has 1 fully saturated rings. The number of esters is 1. The van der Waals surface area contributed by atoms with Gasteiger partial charge in [-0.25, -0.2) is 4.79 Å². The van der Waals surface area contributed by atoms with E-state index in [9.17, 15) is 9.59 Å². The Morgan fingerprint density at radius 1 is 1.55 bits per heavy atom. The Hall–Kier alpha value is -1.54. The van der Waals surface area contributed by atoms with Crippen LogP contribution >= 0.6 is 11.8 Å². The van der Waals surface area contributed by atoms with E-state index in [4.69, 9.17) is 4.74 Å². The summed E-state index contributed by atoms with van der Waals surface area (Å²) in [6.07, 6.45) is 3.65. The third-order valence-electron chi connectivity index (χ3n) is 3.35. The second-order valence-corrected chi connectivity index (χ2v) is 6.11. The fourth-order valence-electron chi connectivity index (χ4n) is 2.22. The first kappa shape index (κ1) is 16.8.